The Bertz CT molecular complexity index is 337. The van der Waals surface area contributed by atoms with E-state index >= 15 is 0 Å². The van der Waals surface area contributed by atoms with Crippen molar-refractivity contribution in [3.63, 3.8) is 0 Å². The van der Waals surface area contributed by atoms with Gasteiger partial charge in [-0.3, -0.25) is 4.68 Å². The Kier molecular flexibility index (Phi) is 3.33. The molecule has 1 N–H and O–H groups in total. The van der Waals surface area contributed by atoms with Crippen molar-refractivity contribution in [2.45, 2.75) is 39.7 Å². The molecule has 1 saturated carbocycles. The van der Waals surface area contributed by atoms with Gasteiger partial charge in [-0.2, -0.15) is 5.10 Å². The van der Waals surface area contributed by atoms with Crippen molar-refractivity contribution < 1.29 is 0 Å². The molecule has 1 aromatic heterocycles. The van der Waals surface area contributed by atoms with Crippen LogP contribution in [0, 0.1) is 11.3 Å². The molecule has 1 aromatic rings. The maximum Gasteiger partial charge on any atom is 0.0518 e. The van der Waals surface area contributed by atoms with Crippen molar-refractivity contribution in [1.29, 1.82) is 0 Å². The molecule has 0 atom stereocenters. The minimum atomic E-state index is 0.618. The zero-order chi connectivity index (χ0) is 11.6. The fourth-order valence-electron chi connectivity index (χ4n) is 2.53. The van der Waals surface area contributed by atoms with E-state index in [1.807, 2.05) is 17.9 Å². The Labute approximate surface area is 98.2 Å². The average molecular weight is 221 g/mol. The van der Waals surface area contributed by atoms with Gasteiger partial charge in [0, 0.05) is 26.3 Å². The van der Waals surface area contributed by atoms with Crippen molar-refractivity contribution in [2.75, 3.05) is 6.54 Å². The molecule has 3 nitrogen and oxygen atoms in total. The van der Waals surface area contributed by atoms with Crippen LogP contribution in [0.4, 0.5) is 0 Å². The van der Waals surface area contributed by atoms with E-state index in [2.05, 4.69) is 30.3 Å². The van der Waals surface area contributed by atoms with E-state index in [0.717, 1.165) is 19.0 Å². The van der Waals surface area contributed by atoms with Gasteiger partial charge in [0.15, 0.2) is 0 Å². The molecule has 0 amide bonds. The number of hydrogen-bond acceptors (Lipinski definition) is 2. The minimum absolute atomic E-state index is 0.618. The Morgan fingerprint density at radius 1 is 1.50 bits per heavy atom. The highest BCUT2D eigenvalue weighted by Crippen LogP contribution is 2.49. The number of nitrogens with zero attached hydrogens (tertiary/aromatic N) is 2. The second-order valence-electron chi connectivity index (χ2n) is 5.65. The Balaban J connectivity index is 1.74. The van der Waals surface area contributed by atoms with Gasteiger partial charge in [0.2, 0.25) is 0 Å². The molecular weight excluding hydrogens is 198 g/mol. The summed E-state index contributed by atoms with van der Waals surface area (Å²) in [5.41, 5.74) is 1.88. The summed E-state index contributed by atoms with van der Waals surface area (Å²) in [7, 11) is 2.00. The molecule has 0 aromatic carbocycles. The minimum Gasteiger partial charge on any atom is -0.311 e. The molecule has 2 rings (SSSR count). The lowest BCUT2D eigenvalue weighted by Crippen LogP contribution is -2.25. The first-order chi connectivity index (χ1) is 7.61. The van der Waals surface area contributed by atoms with E-state index in [0.29, 0.717) is 5.41 Å². The van der Waals surface area contributed by atoms with Gasteiger partial charge >= 0.3 is 0 Å². The molecule has 0 aliphatic heterocycles. The van der Waals surface area contributed by atoms with Crippen LogP contribution in [0.3, 0.4) is 0 Å². The summed E-state index contributed by atoms with van der Waals surface area (Å²) in [5, 5.41) is 7.75. The average Bonchev–Trinajstić information content (AvgIpc) is 2.82. The largest absolute Gasteiger partial charge is 0.311 e. The summed E-state index contributed by atoms with van der Waals surface area (Å²) in [4.78, 5) is 0. The summed E-state index contributed by atoms with van der Waals surface area (Å²) in [6, 6.07) is 2.08. The van der Waals surface area contributed by atoms with Gasteiger partial charge in [0.25, 0.3) is 0 Å². The van der Waals surface area contributed by atoms with Crippen molar-refractivity contribution in [3.8, 4) is 0 Å². The topological polar surface area (TPSA) is 29.9 Å². The third-order valence-electron chi connectivity index (χ3n) is 3.53. The Hall–Kier alpha value is -0.830. The molecular formula is C13H23N3. The Morgan fingerprint density at radius 2 is 2.25 bits per heavy atom. The molecule has 0 bridgehead atoms. The molecule has 0 unspecified atom stereocenters. The normalized spacial score (nSPS) is 18.0. The summed E-state index contributed by atoms with van der Waals surface area (Å²) in [6.07, 6.45) is 6.04. The first kappa shape index (κ1) is 11.6. The maximum atomic E-state index is 4.17. The molecule has 1 aliphatic rings. The lowest BCUT2D eigenvalue weighted by Gasteiger charge is -2.18. The predicted molar refractivity (Wildman–Crippen MR) is 66.0 cm³/mol. The van der Waals surface area contributed by atoms with Crippen LogP contribution in [0.5, 0.6) is 0 Å². The van der Waals surface area contributed by atoms with Crippen LogP contribution in [0.1, 0.15) is 38.8 Å². The number of hydrogen-bond donors (Lipinski definition) is 1. The second kappa shape index (κ2) is 4.58. The standard InChI is InChI=1S/C13H23N3/c1-11(2)8-13(5-6-13)10-14-9-12-4-7-15-16(12)3/h4,7,11,14H,5-6,8-10H2,1-3H3. The fraction of sp³-hybridized carbons (Fsp3) is 0.769. The van der Waals surface area contributed by atoms with Crippen LogP contribution in [0.25, 0.3) is 0 Å². The van der Waals surface area contributed by atoms with E-state index < -0.39 is 0 Å². The summed E-state index contributed by atoms with van der Waals surface area (Å²) < 4.78 is 1.94. The number of aryl methyl sites for hydroxylation is 1. The van der Waals surface area contributed by atoms with Gasteiger partial charge in [-0.25, -0.2) is 0 Å². The molecule has 3 heteroatoms. The quantitative estimate of drug-likeness (QED) is 0.799. The van der Waals surface area contributed by atoms with Crippen molar-refractivity contribution in [2.24, 2.45) is 18.4 Å². The lowest BCUT2D eigenvalue weighted by molar-refractivity contribution is 0.364. The van der Waals surface area contributed by atoms with Crippen LogP contribution < -0.4 is 5.32 Å². The highest BCUT2D eigenvalue weighted by Gasteiger charge is 2.42. The van der Waals surface area contributed by atoms with Crippen LogP contribution in [0.15, 0.2) is 12.3 Å². The highest BCUT2D eigenvalue weighted by molar-refractivity contribution is 5.01. The molecule has 0 radical (unpaired) electrons. The van der Waals surface area contributed by atoms with Crippen molar-refractivity contribution in [1.82, 2.24) is 15.1 Å². The van der Waals surface area contributed by atoms with Crippen molar-refractivity contribution >= 4 is 0 Å². The SMILES string of the molecule is CC(C)CC1(CNCc2ccnn2C)CC1. The van der Waals surface area contributed by atoms with Gasteiger partial charge in [0.05, 0.1) is 5.69 Å². The number of aromatic nitrogens is 2. The first-order valence-corrected chi connectivity index (χ1v) is 6.29. The Morgan fingerprint density at radius 3 is 2.75 bits per heavy atom. The number of rotatable bonds is 6. The van der Waals surface area contributed by atoms with E-state index in [9.17, 15) is 0 Å². The summed E-state index contributed by atoms with van der Waals surface area (Å²) >= 11 is 0. The lowest BCUT2D eigenvalue weighted by atomic mass is 9.94. The predicted octanol–water partition coefficient (Wildman–Crippen LogP) is 2.34. The third kappa shape index (κ3) is 2.85. The molecule has 16 heavy (non-hydrogen) atoms. The van der Waals surface area contributed by atoms with Crippen LogP contribution in [-0.2, 0) is 13.6 Å². The summed E-state index contributed by atoms with van der Waals surface area (Å²) in [6.45, 7) is 6.75. The van der Waals surface area contributed by atoms with Gasteiger partial charge in [0.1, 0.15) is 0 Å². The van der Waals surface area contributed by atoms with E-state index in [1.54, 1.807) is 0 Å². The zero-order valence-corrected chi connectivity index (χ0v) is 10.7. The smallest absolute Gasteiger partial charge is 0.0518 e. The zero-order valence-electron chi connectivity index (χ0n) is 10.7. The van der Waals surface area contributed by atoms with Crippen LogP contribution in [0.2, 0.25) is 0 Å². The monoisotopic (exact) mass is 221 g/mol. The van der Waals surface area contributed by atoms with Gasteiger partial charge in [-0.15, -0.1) is 0 Å². The molecule has 0 saturated heterocycles. The second-order valence-corrected chi connectivity index (χ2v) is 5.65. The molecule has 1 heterocycles. The molecule has 1 aliphatic carbocycles. The first-order valence-electron chi connectivity index (χ1n) is 6.29. The molecule has 0 spiro atoms. The van der Waals surface area contributed by atoms with E-state index in [-0.39, 0.29) is 0 Å². The van der Waals surface area contributed by atoms with Gasteiger partial charge in [-0.1, -0.05) is 13.8 Å². The maximum absolute atomic E-state index is 4.17. The van der Waals surface area contributed by atoms with Crippen LogP contribution >= 0.6 is 0 Å². The van der Waals surface area contributed by atoms with Crippen LogP contribution in [-0.4, -0.2) is 16.3 Å². The molecule has 90 valence electrons. The third-order valence-corrected chi connectivity index (χ3v) is 3.53. The summed E-state index contributed by atoms with van der Waals surface area (Å²) in [5.74, 6) is 0.820. The van der Waals surface area contributed by atoms with E-state index in [4.69, 9.17) is 0 Å². The van der Waals surface area contributed by atoms with Gasteiger partial charge < -0.3 is 5.32 Å². The van der Waals surface area contributed by atoms with Crippen molar-refractivity contribution in [3.05, 3.63) is 18.0 Å². The fourth-order valence-corrected chi connectivity index (χ4v) is 2.53. The molecule has 1 fully saturated rings. The highest BCUT2D eigenvalue weighted by atomic mass is 15.3. The van der Waals surface area contributed by atoms with Gasteiger partial charge in [-0.05, 0) is 36.7 Å². The van der Waals surface area contributed by atoms with E-state index in [1.165, 1.54) is 25.0 Å². The number of nitrogens with one attached hydrogen (secondary N) is 1.